The number of anilines is 1. The average Bonchev–Trinajstić information content (AvgIpc) is 2.45. The molecular formula is C15H18N4O. The van der Waals surface area contributed by atoms with Crippen LogP contribution in [0.4, 0.5) is 5.95 Å². The molecular weight excluding hydrogens is 252 g/mol. The van der Waals surface area contributed by atoms with Crippen molar-refractivity contribution in [2.75, 3.05) is 32.1 Å². The van der Waals surface area contributed by atoms with E-state index in [-0.39, 0.29) is 0 Å². The first-order valence-electron chi connectivity index (χ1n) is 6.69. The highest BCUT2D eigenvalue weighted by molar-refractivity contribution is 5.67. The van der Waals surface area contributed by atoms with Crippen LogP contribution in [0.15, 0.2) is 36.5 Å². The molecule has 3 rings (SSSR count). The molecule has 0 spiro atoms. The van der Waals surface area contributed by atoms with Crippen molar-refractivity contribution in [1.82, 2.24) is 15.3 Å². The van der Waals surface area contributed by atoms with Crippen molar-refractivity contribution in [3.8, 4) is 17.0 Å². The van der Waals surface area contributed by atoms with Crippen LogP contribution in [-0.4, -0.2) is 43.3 Å². The largest absolute Gasteiger partial charge is 0.496 e. The molecule has 2 heterocycles. The van der Waals surface area contributed by atoms with E-state index < -0.39 is 0 Å². The molecule has 0 amide bonds. The van der Waals surface area contributed by atoms with E-state index >= 15 is 0 Å². The van der Waals surface area contributed by atoms with E-state index in [4.69, 9.17) is 4.74 Å². The Morgan fingerprint density at radius 2 is 2.05 bits per heavy atom. The zero-order chi connectivity index (χ0) is 13.9. The highest BCUT2D eigenvalue weighted by Gasteiger charge is 2.23. The number of ether oxygens (including phenoxy) is 1. The van der Waals surface area contributed by atoms with Gasteiger partial charge < -0.3 is 15.0 Å². The van der Waals surface area contributed by atoms with Gasteiger partial charge in [0.15, 0.2) is 0 Å². The fourth-order valence-electron chi connectivity index (χ4n) is 2.24. The summed E-state index contributed by atoms with van der Waals surface area (Å²) < 4.78 is 5.40. The predicted octanol–water partition coefficient (Wildman–Crippen LogP) is 1.56. The summed E-state index contributed by atoms with van der Waals surface area (Å²) in [4.78, 5) is 11.2. The summed E-state index contributed by atoms with van der Waals surface area (Å²) in [7, 11) is 3.71. The van der Waals surface area contributed by atoms with E-state index in [0.717, 1.165) is 36.0 Å². The summed E-state index contributed by atoms with van der Waals surface area (Å²) in [6.45, 7) is 1.97. The zero-order valence-corrected chi connectivity index (χ0v) is 11.7. The second-order valence-corrected chi connectivity index (χ2v) is 4.87. The van der Waals surface area contributed by atoms with Gasteiger partial charge in [0, 0.05) is 31.9 Å². The fraction of sp³-hybridized carbons (Fsp3) is 0.333. The van der Waals surface area contributed by atoms with Crippen molar-refractivity contribution >= 4 is 5.95 Å². The van der Waals surface area contributed by atoms with Crippen molar-refractivity contribution in [2.24, 2.45) is 0 Å². The van der Waals surface area contributed by atoms with Gasteiger partial charge in [-0.05, 0) is 18.2 Å². The number of hydrogen-bond acceptors (Lipinski definition) is 5. The number of benzene rings is 1. The standard InChI is InChI=1S/C15H18N4O/c1-19(11-9-16-10-11)15-17-8-7-13(18-15)12-5-3-4-6-14(12)20-2/h3-8,11,16H,9-10H2,1-2H3. The lowest BCUT2D eigenvalue weighted by Gasteiger charge is -2.35. The molecule has 1 saturated heterocycles. The minimum Gasteiger partial charge on any atom is -0.496 e. The van der Waals surface area contributed by atoms with E-state index in [1.54, 1.807) is 13.3 Å². The third-order valence-corrected chi connectivity index (χ3v) is 3.65. The topological polar surface area (TPSA) is 50.3 Å². The fourth-order valence-corrected chi connectivity index (χ4v) is 2.24. The van der Waals surface area contributed by atoms with Crippen LogP contribution in [0, 0.1) is 0 Å². The van der Waals surface area contributed by atoms with Gasteiger partial charge in [-0.3, -0.25) is 0 Å². The van der Waals surface area contributed by atoms with Gasteiger partial charge in [0.25, 0.3) is 0 Å². The van der Waals surface area contributed by atoms with Crippen LogP contribution >= 0.6 is 0 Å². The Balaban J connectivity index is 1.94. The number of nitrogens with zero attached hydrogens (tertiary/aromatic N) is 3. The van der Waals surface area contributed by atoms with Crippen LogP contribution in [-0.2, 0) is 0 Å². The Hall–Kier alpha value is -2.14. The van der Waals surface area contributed by atoms with Gasteiger partial charge in [-0.1, -0.05) is 12.1 Å². The molecule has 2 aromatic rings. The zero-order valence-electron chi connectivity index (χ0n) is 11.7. The van der Waals surface area contributed by atoms with Crippen LogP contribution in [0.25, 0.3) is 11.3 Å². The minimum atomic E-state index is 0.475. The lowest BCUT2D eigenvalue weighted by molar-refractivity contribution is 0.416. The third-order valence-electron chi connectivity index (χ3n) is 3.65. The number of aromatic nitrogens is 2. The number of para-hydroxylation sites is 1. The van der Waals surface area contributed by atoms with Crippen LogP contribution in [0.3, 0.4) is 0 Å². The molecule has 5 heteroatoms. The predicted molar refractivity (Wildman–Crippen MR) is 79.1 cm³/mol. The van der Waals surface area contributed by atoms with Crippen molar-refractivity contribution in [1.29, 1.82) is 0 Å². The lowest BCUT2D eigenvalue weighted by Crippen LogP contribution is -2.56. The summed E-state index contributed by atoms with van der Waals surface area (Å²) in [5.74, 6) is 1.57. The quantitative estimate of drug-likeness (QED) is 0.913. The lowest BCUT2D eigenvalue weighted by atomic mass is 10.1. The van der Waals surface area contributed by atoms with Crippen molar-refractivity contribution < 1.29 is 4.74 Å². The number of nitrogens with one attached hydrogen (secondary N) is 1. The molecule has 0 atom stereocenters. The van der Waals surface area contributed by atoms with Gasteiger partial charge in [0.05, 0.1) is 18.8 Å². The third kappa shape index (κ3) is 2.32. The number of hydrogen-bond donors (Lipinski definition) is 1. The summed E-state index contributed by atoms with van der Waals surface area (Å²) in [6, 6.07) is 10.3. The molecule has 1 N–H and O–H groups in total. The Morgan fingerprint density at radius 3 is 2.75 bits per heavy atom. The van der Waals surface area contributed by atoms with E-state index in [1.165, 1.54) is 0 Å². The number of methoxy groups -OCH3 is 1. The van der Waals surface area contributed by atoms with Crippen molar-refractivity contribution in [3.05, 3.63) is 36.5 Å². The van der Waals surface area contributed by atoms with Crippen LogP contribution < -0.4 is 15.0 Å². The van der Waals surface area contributed by atoms with E-state index in [2.05, 4.69) is 20.2 Å². The molecule has 0 saturated carbocycles. The van der Waals surface area contributed by atoms with Crippen molar-refractivity contribution in [3.63, 3.8) is 0 Å². The molecule has 1 aliphatic heterocycles. The maximum absolute atomic E-state index is 5.40. The van der Waals surface area contributed by atoms with Gasteiger partial charge >= 0.3 is 0 Å². The van der Waals surface area contributed by atoms with E-state index in [1.807, 2.05) is 37.4 Å². The van der Waals surface area contributed by atoms with Crippen molar-refractivity contribution in [2.45, 2.75) is 6.04 Å². The molecule has 0 unspecified atom stereocenters. The molecule has 0 radical (unpaired) electrons. The Bertz CT molecular complexity index is 598. The van der Waals surface area contributed by atoms with Gasteiger partial charge in [-0.2, -0.15) is 0 Å². The molecule has 1 aliphatic rings. The first kappa shape index (κ1) is 12.9. The Morgan fingerprint density at radius 1 is 1.25 bits per heavy atom. The number of rotatable bonds is 4. The maximum atomic E-state index is 5.40. The molecule has 1 aromatic carbocycles. The maximum Gasteiger partial charge on any atom is 0.225 e. The molecule has 5 nitrogen and oxygen atoms in total. The van der Waals surface area contributed by atoms with Crippen LogP contribution in [0.5, 0.6) is 5.75 Å². The second-order valence-electron chi connectivity index (χ2n) is 4.87. The second kappa shape index (κ2) is 5.46. The van der Waals surface area contributed by atoms with E-state index in [0.29, 0.717) is 6.04 Å². The first-order valence-corrected chi connectivity index (χ1v) is 6.69. The minimum absolute atomic E-state index is 0.475. The summed E-state index contributed by atoms with van der Waals surface area (Å²) in [5, 5.41) is 3.26. The number of likely N-dealkylation sites (N-methyl/N-ethyl adjacent to an activating group) is 1. The van der Waals surface area contributed by atoms with Crippen LogP contribution in [0.1, 0.15) is 0 Å². The molecule has 104 valence electrons. The van der Waals surface area contributed by atoms with Gasteiger partial charge in [0.2, 0.25) is 5.95 Å². The van der Waals surface area contributed by atoms with Crippen LogP contribution in [0.2, 0.25) is 0 Å². The molecule has 1 aromatic heterocycles. The first-order chi connectivity index (χ1) is 9.79. The highest BCUT2D eigenvalue weighted by atomic mass is 16.5. The normalized spacial score (nSPS) is 14.7. The summed E-state index contributed by atoms with van der Waals surface area (Å²) >= 11 is 0. The van der Waals surface area contributed by atoms with Gasteiger partial charge in [0.1, 0.15) is 5.75 Å². The highest BCUT2D eigenvalue weighted by Crippen LogP contribution is 2.28. The van der Waals surface area contributed by atoms with E-state index in [9.17, 15) is 0 Å². The monoisotopic (exact) mass is 270 g/mol. The Kier molecular flexibility index (Phi) is 3.52. The SMILES string of the molecule is COc1ccccc1-c1ccnc(N(C)C2CNC2)n1. The molecule has 0 aliphatic carbocycles. The molecule has 20 heavy (non-hydrogen) atoms. The molecule has 1 fully saturated rings. The summed E-state index contributed by atoms with van der Waals surface area (Å²) in [5.41, 5.74) is 1.87. The smallest absolute Gasteiger partial charge is 0.225 e. The Labute approximate surface area is 118 Å². The van der Waals surface area contributed by atoms with Gasteiger partial charge in [-0.25, -0.2) is 9.97 Å². The average molecular weight is 270 g/mol. The van der Waals surface area contributed by atoms with Gasteiger partial charge in [-0.15, -0.1) is 0 Å². The molecule has 0 bridgehead atoms. The summed E-state index contributed by atoms with van der Waals surface area (Å²) in [6.07, 6.45) is 1.80.